The molecule has 6 rings (SSSR count). The first-order valence-electron chi connectivity index (χ1n) is 14.9. The number of nitriles is 1. The molecule has 3 heterocycles. The standard InChI is InChI=1S/C16H21N5.C8H18N2.C7H3ClN4/c1-21(2)13-6-4-12(5-7-13)20-16-15-11(9-17)3-8-14(15)18-10-19-16;1-10(2)8-5-3-7(9)4-6-8;1-9-4-2-10-7-5(4)6(8)11-3-12-7/h3,10,12-13H,4-8H2,1-2H3,(H,18,19,20);7-8H,3-6,9H2,1-2H3;2-3H,(H,10,11,12). The van der Waals surface area contributed by atoms with E-state index in [2.05, 4.69) is 79.1 Å². The van der Waals surface area contributed by atoms with Gasteiger partial charge in [0.25, 0.3) is 0 Å². The molecule has 3 aromatic heterocycles. The Labute approximate surface area is 259 Å². The molecule has 0 aromatic carbocycles. The van der Waals surface area contributed by atoms with Crippen molar-refractivity contribution in [3.05, 3.63) is 52.8 Å². The zero-order valence-corrected chi connectivity index (χ0v) is 26.3. The Morgan fingerprint density at radius 1 is 0.977 bits per heavy atom. The van der Waals surface area contributed by atoms with Gasteiger partial charge >= 0.3 is 0 Å². The predicted molar refractivity (Wildman–Crippen MR) is 172 cm³/mol. The van der Waals surface area contributed by atoms with E-state index in [4.69, 9.17) is 23.9 Å². The number of aromatic nitrogens is 5. The van der Waals surface area contributed by atoms with E-state index in [0.717, 1.165) is 42.4 Å². The Hall–Kier alpha value is -3.61. The lowest BCUT2D eigenvalue weighted by molar-refractivity contribution is 0.217. The first kappa shape index (κ1) is 32.3. The maximum Gasteiger partial charge on any atom is 0.216 e. The molecule has 0 saturated heterocycles. The number of nitrogens with one attached hydrogen (secondary N) is 2. The van der Waals surface area contributed by atoms with Crippen molar-refractivity contribution < 1.29 is 0 Å². The maximum absolute atomic E-state index is 9.23. The van der Waals surface area contributed by atoms with Crippen molar-refractivity contribution in [2.24, 2.45) is 5.73 Å². The maximum atomic E-state index is 9.23. The molecule has 0 aliphatic heterocycles. The van der Waals surface area contributed by atoms with E-state index in [9.17, 15) is 5.26 Å². The number of anilines is 1. The number of halogens is 1. The Morgan fingerprint density at radius 3 is 2.21 bits per heavy atom. The molecule has 0 unspecified atom stereocenters. The molecular formula is C31H42ClN11. The normalized spacial score (nSPS) is 22.8. The van der Waals surface area contributed by atoms with Crippen molar-refractivity contribution >= 4 is 39.7 Å². The van der Waals surface area contributed by atoms with E-state index in [1.807, 2.05) is 6.08 Å². The van der Waals surface area contributed by atoms with E-state index < -0.39 is 0 Å². The third-order valence-corrected chi connectivity index (χ3v) is 8.86. The van der Waals surface area contributed by atoms with Crippen molar-refractivity contribution in [1.82, 2.24) is 34.7 Å². The van der Waals surface area contributed by atoms with Crippen molar-refractivity contribution in [1.29, 1.82) is 5.26 Å². The Kier molecular flexibility index (Phi) is 11.4. The number of nitrogens with two attached hydrogens (primary N) is 1. The molecule has 228 valence electrons. The van der Waals surface area contributed by atoms with Crippen molar-refractivity contribution in [3.63, 3.8) is 0 Å². The zero-order chi connectivity index (χ0) is 30.9. The van der Waals surface area contributed by atoms with Gasteiger partial charge in [-0.25, -0.2) is 24.8 Å². The van der Waals surface area contributed by atoms with Crippen molar-refractivity contribution in [2.75, 3.05) is 33.5 Å². The fourth-order valence-corrected chi connectivity index (χ4v) is 6.15. The summed E-state index contributed by atoms with van der Waals surface area (Å²) in [7, 11) is 8.61. The van der Waals surface area contributed by atoms with E-state index in [-0.39, 0.29) is 0 Å². The molecule has 4 N–H and O–H groups in total. The highest BCUT2D eigenvalue weighted by atomic mass is 35.5. The number of allylic oxidation sites excluding steroid dienone is 2. The lowest BCUT2D eigenvalue weighted by atomic mass is 9.90. The molecule has 43 heavy (non-hydrogen) atoms. The third-order valence-electron chi connectivity index (χ3n) is 8.58. The first-order chi connectivity index (χ1) is 20.7. The van der Waals surface area contributed by atoms with Gasteiger partial charge in [-0.05, 0) is 79.6 Å². The van der Waals surface area contributed by atoms with Crippen LogP contribution in [0, 0.1) is 17.9 Å². The average Bonchev–Trinajstić information content (AvgIpc) is 3.64. The number of hydrogen-bond acceptors (Lipinski definition) is 9. The lowest BCUT2D eigenvalue weighted by Gasteiger charge is -2.33. The number of fused-ring (bicyclic) bond motifs is 2. The fourth-order valence-electron chi connectivity index (χ4n) is 5.92. The highest BCUT2D eigenvalue weighted by molar-refractivity contribution is 6.35. The monoisotopic (exact) mass is 603 g/mol. The number of aromatic amines is 1. The molecule has 2 fully saturated rings. The van der Waals surface area contributed by atoms with E-state index in [1.54, 1.807) is 12.5 Å². The largest absolute Gasteiger partial charge is 0.367 e. The van der Waals surface area contributed by atoms with Crippen LogP contribution >= 0.6 is 11.6 Å². The molecule has 0 spiro atoms. The van der Waals surface area contributed by atoms with Crippen LogP contribution < -0.4 is 11.1 Å². The Bertz CT molecular complexity index is 1470. The van der Waals surface area contributed by atoms with Gasteiger partial charge in [0.05, 0.1) is 34.9 Å². The molecule has 3 aromatic rings. The van der Waals surface area contributed by atoms with Gasteiger partial charge in [0, 0.05) is 36.8 Å². The summed E-state index contributed by atoms with van der Waals surface area (Å²) >= 11 is 5.77. The third kappa shape index (κ3) is 8.27. The molecule has 0 bridgehead atoms. The average molecular weight is 604 g/mol. The van der Waals surface area contributed by atoms with Crippen LogP contribution in [0.15, 0.2) is 24.9 Å². The highest BCUT2D eigenvalue weighted by Gasteiger charge is 2.26. The topological polar surface area (TPSA) is 140 Å². The zero-order valence-electron chi connectivity index (χ0n) is 25.5. The molecule has 0 amide bonds. The second kappa shape index (κ2) is 15.2. The SMILES string of the molecule is CN(C)C1CCC(N)CC1.CN(C)C1CCC(Nc2ncnc3c2C(C#N)=CC3)CC1.[C-]#[N+]c1c[nH]c2ncnc(Cl)c12. The molecule has 11 nitrogen and oxygen atoms in total. The minimum Gasteiger partial charge on any atom is -0.367 e. The molecule has 3 aliphatic carbocycles. The number of nitrogens with zero attached hydrogens (tertiary/aromatic N) is 8. The second-order valence-corrected chi connectivity index (χ2v) is 12.2. The minimum atomic E-state index is 0.312. The molecular weight excluding hydrogens is 562 g/mol. The van der Waals surface area contributed by atoms with Crippen LogP contribution in [0.5, 0.6) is 0 Å². The number of hydrogen-bond donors (Lipinski definition) is 3. The lowest BCUT2D eigenvalue weighted by Crippen LogP contribution is -2.36. The van der Waals surface area contributed by atoms with Gasteiger partial charge in [-0.3, -0.25) is 0 Å². The molecule has 0 atom stereocenters. The van der Waals surface area contributed by atoms with Crippen LogP contribution in [-0.4, -0.2) is 87.1 Å². The summed E-state index contributed by atoms with van der Waals surface area (Å²) in [6.07, 6.45) is 16.9. The summed E-state index contributed by atoms with van der Waals surface area (Å²) in [5.74, 6) is 0.832. The van der Waals surface area contributed by atoms with Crippen LogP contribution in [0.4, 0.5) is 11.5 Å². The second-order valence-electron chi connectivity index (χ2n) is 11.8. The van der Waals surface area contributed by atoms with Gasteiger partial charge in [0.2, 0.25) is 5.69 Å². The summed E-state index contributed by atoms with van der Waals surface area (Å²) in [5.41, 5.74) is 9.41. The summed E-state index contributed by atoms with van der Waals surface area (Å²) < 4.78 is 0. The highest BCUT2D eigenvalue weighted by Crippen LogP contribution is 2.33. The van der Waals surface area contributed by atoms with Crippen LogP contribution in [-0.2, 0) is 6.42 Å². The minimum absolute atomic E-state index is 0.312. The molecule has 0 radical (unpaired) electrons. The Balaban J connectivity index is 0.000000163. The summed E-state index contributed by atoms with van der Waals surface area (Å²) in [5, 5.41) is 13.7. The Morgan fingerprint density at radius 2 is 1.60 bits per heavy atom. The summed E-state index contributed by atoms with van der Waals surface area (Å²) in [6, 6.07) is 4.66. The summed E-state index contributed by atoms with van der Waals surface area (Å²) in [4.78, 5) is 27.1. The van der Waals surface area contributed by atoms with E-state index >= 15 is 0 Å². The van der Waals surface area contributed by atoms with Gasteiger partial charge in [-0.15, -0.1) is 0 Å². The number of H-pyrrole nitrogens is 1. The van der Waals surface area contributed by atoms with Gasteiger partial charge in [-0.2, -0.15) is 5.26 Å². The quantitative estimate of drug-likeness (QED) is 0.271. The van der Waals surface area contributed by atoms with Gasteiger partial charge in [0.15, 0.2) is 0 Å². The predicted octanol–water partition coefficient (Wildman–Crippen LogP) is 5.20. The van der Waals surface area contributed by atoms with E-state index in [1.165, 1.54) is 44.9 Å². The van der Waals surface area contributed by atoms with Crippen LogP contribution in [0.25, 0.3) is 21.5 Å². The smallest absolute Gasteiger partial charge is 0.216 e. The molecule has 3 aliphatic rings. The van der Waals surface area contributed by atoms with Crippen LogP contribution in [0.1, 0.15) is 62.6 Å². The van der Waals surface area contributed by atoms with Crippen LogP contribution in [0.3, 0.4) is 0 Å². The fraction of sp³-hybridized carbons (Fsp3) is 0.548. The number of rotatable bonds is 4. The van der Waals surface area contributed by atoms with Crippen molar-refractivity contribution in [2.45, 2.75) is 82.0 Å². The van der Waals surface area contributed by atoms with E-state index in [0.29, 0.717) is 45.6 Å². The summed E-state index contributed by atoms with van der Waals surface area (Å²) in [6.45, 7) is 6.83. The molecule has 12 heteroatoms. The van der Waals surface area contributed by atoms with Crippen molar-refractivity contribution in [3.8, 4) is 6.07 Å². The van der Waals surface area contributed by atoms with Gasteiger partial charge < -0.3 is 25.8 Å². The molecule has 2 saturated carbocycles. The van der Waals surface area contributed by atoms with Crippen LogP contribution in [0.2, 0.25) is 5.15 Å². The van der Waals surface area contributed by atoms with Gasteiger partial charge in [0.1, 0.15) is 29.3 Å². The first-order valence-corrected chi connectivity index (χ1v) is 15.2. The van der Waals surface area contributed by atoms with Gasteiger partial charge in [-0.1, -0.05) is 17.7 Å².